The van der Waals surface area contributed by atoms with E-state index in [9.17, 15) is 9.59 Å². The summed E-state index contributed by atoms with van der Waals surface area (Å²) in [5.74, 6) is 0. The lowest BCUT2D eigenvalue weighted by molar-refractivity contribution is 0.0488. The third-order valence-electron chi connectivity index (χ3n) is 3.09. The van der Waals surface area contributed by atoms with Gasteiger partial charge in [-0.1, -0.05) is 0 Å². The summed E-state index contributed by atoms with van der Waals surface area (Å²) in [7, 11) is 0. The summed E-state index contributed by atoms with van der Waals surface area (Å²) in [6.07, 6.45) is 2.20. The van der Waals surface area contributed by atoms with Crippen LogP contribution in [-0.2, 0) is 9.47 Å². The van der Waals surface area contributed by atoms with Crippen LogP contribution < -0.4 is 10.6 Å². The van der Waals surface area contributed by atoms with Crippen molar-refractivity contribution in [2.24, 2.45) is 0 Å². The van der Waals surface area contributed by atoms with E-state index in [2.05, 4.69) is 10.6 Å². The van der Waals surface area contributed by atoms with E-state index in [1.807, 2.05) is 20.8 Å². The van der Waals surface area contributed by atoms with Crippen LogP contribution in [0.1, 0.15) is 46.5 Å². The molecule has 0 atom stereocenters. The predicted octanol–water partition coefficient (Wildman–Crippen LogP) is 1.54. The van der Waals surface area contributed by atoms with Gasteiger partial charge in [0.25, 0.3) is 0 Å². The summed E-state index contributed by atoms with van der Waals surface area (Å²) in [5, 5.41) is 14.2. The Hall–Kier alpha value is -1.50. The number of hydrogen-bond acceptors (Lipinski definition) is 5. The van der Waals surface area contributed by atoms with Gasteiger partial charge in [-0.25, -0.2) is 9.59 Å². The number of aliphatic hydroxyl groups is 1. The van der Waals surface area contributed by atoms with E-state index < -0.39 is 17.8 Å². The van der Waals surface area contributed by atoms with E-state index in [1.165, 1.54) is 0 Å². The van der Waals surface area contributed by atoms with Gasteiger partial charge in [0.15, 0.2) is 0 Å². The van der Waals surface area contributed by atoms with Gasteiger partial charge in [-0.2, -0.15) is 0 Å². The fourth-order valence-electron chi connectivity index (χ4n) is 2.20. The average molecular weight is 302 g/mol. The van der Waals surface area contributed by atoms with Gasteiger partial charge < -0.3 is 25.2 Å². The van der Waals surface area contributed by atoms with Crippen LogP contribution in [0.5, 0.6) is 0 Å². The van der Waals surface area contributed by atoms with E-state index in [1.54, 1.807) is 0 Å². The first-order valence-corrected chi connectivity index (χ1v) is 7.34. The molecule has 21 heavy (non-hydrogen) atoms. The topological polar surface area (TPSA) is 96.9 Å². The van der Waals surface area contributed by atoms with Crippen molar-refractivity contribution in [3.63, 3.8) is 0 Å². The number of hydrogen-bond donors (Lipinski definition) is 3. The first-order valence-electron chi connectivity index (χ1n) is 7.34. The average Bonchev–Trinajstić information content (AvgIpc) is 2.36. The van der Waals surface area contributed by atoms with Crippen LogP contribution in [0, 0.1) is 0 Å². The van der Waals surface area contributed by atoms with Gasteiger partial charge in [-0.05, 0) is 46.5 Å². The number of carbonyl (C=O) groups is 2. The highest BCUT2D eigenvalue weighted by atomic mass is 16.6. The molecule has 1 fully saturated rings. The molecule has 0 aromatic rings. The molecule has 0 spiro atoms. The van der Waals surface area contributed by atoms with Crippen molar-refractivity contribution < 1.29 is 24.2 Å². The minimum absolute atomic E-state index is 0.00137. The maximum atomic E-state index is 11.7. The van der Waals surface area contributed by atoms with E-state index >= 15 is 0 Å². The second-order valence-electron chi connectivity index (χ2n) is 6.20. The molecule has 7 nitrogen and oxygen atoms in total. The maximum Gasteiger partial charge on any atom is 0.407 e. The van der Waals surface area contributed by atoms with Gasteiger partial charge in [0, 0.05) is 12.1 Å². The monoisotopic (exact) mass is 302 g/mol. The predicted molar refractivity (Wildman–Crippen MR) is 77.0 cm³/mol. The minimum Gasteiger partial charge on any atom is -0.447 e. The highest BCUT2D eigenvalue weighted by Crippen LogP contribution is 2.19. The fraction of sp³-hybridized carbons (Fsp3) is 0.857. The molecule has 0 heterocycles. The van der Waals surface area contributed by atoms with E-state index in [0.29, 0.717) is 0 Å². The van der Waals surface area contributed by atoms with Crippen molar-refractivity contribution in [3.05, 3.63) is 0 Å². The molecular formula is C14H26N2O5. The Morgan fingerprint density at radius 2 is 1.52 bits per heavy atom. The fourth-order valence-corrected chi connectivity index (χ4v) is 2.20. The molecule has 0 unspecified atom stereocenters. The number of alkyl carbamates (subject to hydrolysis) is 2. The van der Waals surface area contributed by atoms with Gasteiger partial charge in [0.2, 0.25) is 0 Å². The van der Waals surface area contributed by atoms with Gasteiger partial charge in [-0.3, -0.25) is 0 Å². The minimum atomic E-state index is -0.507. The van der Waals surface area contributed by atoms with Crippen LogP contribution >= 0.6 is 0 Å². The van der Waals surface area contributed by atoms with Gasteiger partial charge in [0.1, 0.15) is 12.2 Å². The van der Waals surface area contributed by atoms with Crippen molar-refractivity contribution in [1.82, 2.24) is 10.6 Å². The van der Waals surface area contributed by atoms with Gasteiger partial charge >= 0.3 is 12.2 Å². The zero-order valence-electron chi connectivity index (χ0n) is 13.0. The summed E-state index contributed by atoms with van der Waals surface area (Å²) in [4.78, 5) is 23.0. The van der Waals surface area contributed by atoms with Gasteiger partial charge in [0.05, 0.1) is 6.61 Å². The summed E-state index contributed by atoms with van der Waals surface area (Å²) in [5.41, 5.74) is -0.501. The van der Waals surface area contributed by atoms with E-state index in [-0.39, 0.29) is 25.3 Å². The molecule has 2 amide bonds. The number of carbonyl (C=O) groups excluding carboxylic acids is 2. The number of ether oxygens (including phenoxy) is 2. The van der Waals surface area contributed by atoms with Crippen LogP contribution in [0.4, 0.5) is 9.59 Å². The third-order valence-corrected chi connectivity index (χ3v) is 3.09. The van der Waals surface area contributed by atoms with E-state index in [4.69, 9.17) is 14.6 Å². The molecule has 1 saturated carbocycles. The Bertz CT molecular complexity index is 346. The van der Waals surface area contributed by atoms with Crippen LogP contribution in [0.3, 0.4) is 0 Å². The van der Waals surface area contributed by atoms with Crippen molar-refractivity contribution in [2.75, 3.05) is 13.2 Å². The number of rotatable bonds is 4. The third kappa shape index (κ3) is 7.75. The number of amides is 2. The molecule has 0 bridgehead atoms. The molecule has 0 radical (unpaired) electrons. The number of nitrogens with one attached hydrogen (secondary N) is 2. The van der Waals surface area contributed by atoms with Crippen LogP contribution in [0.2, 0.25) is 0 Å². The van der Waals surface area contributed by atoms with Crippen molar-refractivity contribution in [1.29, 1.82) is 0 Å². The zero-order valence-corrected chi connectivity index (χ0v) is 13.0. The Balaban J connectivity index is 2.23. The second-order valence-corrected chi connectivity index (χ2v) is 6.20. The maximum absolute atomic E-state index is 11.7. The molecule has 0 saturated heterocycles. The van der Waals surface area contributed by atoms with Crippen LogP contribution in [0.15, 0.2) is 0 Å². The normalized spacial score (nSPS) is 22.3. The molecule has 1 aliphatic carbocycles. The van der Waals surface area contributed by atoms with Gasteiger partial charge in [-0.15, -0.1) is 0 Å². The Morgan fingerprint density at radius 1 is 1.05 bits per heavy atom. The largest absolute Gasteiger partial charge is 0.447 e. The van der Waals surface area contributed by atoms with Crippen molar-refractivity contribution >= 4 is 12.2 Å². The Morgan fingerprint density at radius 3 is 1.95 bits per heavy atom. The lowest BCUT2D eigenvalue weighted by atomic mass is 9.91. The SMILES string of the molecule is CC(C)(C)OC(=O)NC1CCC(NC(=O)OCCO)CC1. The smallest absolute Gasteiger partial charge is 0.407 e. The summed E-state index contributed by atoms with van der Waals surface area (Å²) in [6.45, 7) is 5.30. The Kier molecular flexibility index (Phi) is 6.74. The quantitative estimate of drug-likeness (QED) is 0.732. The molecule has 1 aliphatic rings. The molecule has 122 valence electrons. The highest BCUT2D eigenvalue weighted by molar-refractivity contribution is 5.68. The summed E-state index contributed by atoms with van der Waals surface area (Å²) in [6, 6.07) is 0.124. The Labute approximate surface area is 125 Å². The molecule has 0 aromatic heterocycles. The first-order chi connectivity index (χ1) is 9.80. The lowest BCUT2D eigenvalue weighted by Gasteiger charge is -2.30. The lowest BCUT2D eigenvalue weighted by Crippen LogP contribution is -2.45. The van der Waals surface area contributed by atoms with Crippen molar-refractivity contribution in [2.45, 2.75) is 64.1 Å². The molecular weight excluding hydrogens is 276 g/mol. The van der Waals surface area contributed by atoms with E-state index in [0.717, 1.165) is 25.7 Å². The molecule has 0 aliphatic heterocycles. The molecule has 7 heteroatoms. The van der Waals surface area contributed by atoms with Crippen LogP contribution in [0.25, 0.3) is 0 Å². The van der Waals surface area contributed by atoms with Crippen molar-refractivity contribution in [3.8, 4) is 0 Å². The number of aliphatic hydroxyl groups excluding tert-OH is 1. The first kappa shape index (κ1) is 17.6. The highest BCUT2D eigenvalue weighted by Gasteiger charge is 2.25. The zero-order chi connectivity index (χ0) is 15.9. The second kappa shape index (κ2) is 8.07. The molecule has 3 N–H and O–H groups in total. The standard InChI is InChI=1S/C14H26N2O5/c1-14(2,3)21-13(19)16-11-6-4-10(5-7-11)15-12(18)20-9-8-17/h10-11,17H,4-9H2,1-3H3,(H,15,18)(H,16,19). The summed E-state index contributed by atoms with van der Waals surface area (Å²) < 4.78 is 9.96. The molecule has 1 rings (SSSR count). The van der Waals surface area contributed by atoms with Crippen LogP contribution in [-0.4, -0.2) is 48.2 Å². The summed E-state index contributed by atoms with van der Waals surface area (Å²) >= 11 is 0. The molecule has 0 aromatic carbocycles.